The van der Waals surface area contributed by atoms with Gasteiger partial charge in [-0.05, 0) is 18.2 Å². The molecule has 1 aromatic rings. The third-order valence-electron chi connectivity index (χ3n) is 1.90. The summed E-state index contributed by atoms with van der Waals surface area (Å²) in [5, 5.41) is 0.406. The fraction of sp³-hybridized carbons (Fsp3) is 0.200. The summed E-state index contributed by atoms with van der Waals surface area (Å²) in [6.45, 7) is 0.233. The van der Waals surface area contributed by atoms with E-state index in [4.69, 9.17) is 29.6 Å². The van der Waals surface area contributed by atoms with Gasteiger partial charge < -0.3 is 10.6 Å². The molecule has 0 fully saturated rings. The van der Waals surface area contributed by atoms with Crippen LogP contribution in [0.15, 0.2) is 22.7 Å². The van der Waals surface area contributed by atoms with Gasteiger partial charge in [-0.3, -0.25) is 4.79 Å². The monoisotopic (exact) mass is 320 g/mol. The second-order valence-corrected chi connectivity index (χ2v) is 5.10. The maximum absolute atomic E-state index is 12.0. The number of nitrogens with zero attached hydrogens (tertiary/aromatic N) is 1. The summed E-state index contributed by atoms with van der Waals surface area (Å²) in [7, 11) is 1.62. The maximum atomic E-state index is 12.0. The number of nitrogens with two attached hydrogens (primary N) is 1. The predicted molar refractivity (Wildman–Crippen MR) is 72.9 cm³/mol. The molecule has 1 rings (SSSR count). The molecular weight excluding hydrogens is 312 g/mol. The molecule has 6 heteroatoms. The Bertz CT molecular complexity index is 439. The molecule has 0 saturated carbocycles. The van der Waals surface area contributed by atoms with Crippen molar-refractivity contribution in [1.82, 2.24) is 4.90 Å². The number of thiocarbonyl (C=S) groups is 1. The first-order chi connectivity index (χ1) is 7.41. The number of carbonyl (C=O) groups is 1. The molecule has 0 radical (unpaired) electrons. The van der Waals surface area contributed by atoms with E-state index in [9.17, 15) is 4.79 Å². The molecule has 0 aliphatic carbocycles. The van der Waals surface area contributed by atoms with Crippen molar-refractivity contribution in [3.05, 3.63) is 33.3 Å². The molecule has 16 heavy (non-hydrogen) atoms. The highest BCUT2D eigenvalue weighted by Crippen LogP contribution is 2.22. The largest absolute Gasteiger partial charge is 0.392 e. The molecule has 0 saturated heterocycles. The van der Waals surface area contributed by atoms with E-state index in [1.54, 1.807) is 25.2 Å². The highest BCUT2D eigenvalue weighted by atomic mass is 79.9. The lowest BCUT2D eigenvalue weighted by atomic mass is 10.2. The van der Waals surface area contributed by atoms with E-state index in [2.05, 4.69) is 15.9 Å². The lowest BCUT2D eigenvalue weighted by Crippen LogP contribution is -2.34. The van der Waals surface area contributed by atoms with Crippen molar-refractivity contribution < 1.29 is 4.79 Å². The second kappa shape index (κ2) is 5.61. The minimum Gasteiger partial charge on any atom is -0.392 e. The topological polar surface area (TPSA) is 46.3 Å². The molecule has 0 aliphatic heterocycles. The van der Waals surface area contributed by atoms with Gasteiger partial charge in [-0.2, -0.15) is 0 Å². The zero-order chi connectivity index (χ0) is 12.3. The zero-order valence-electron chi connectivity index (χ0n) is 8.54. The lowest BCUT2D eigenvalue weighted by molar-refractivity contribution is 0.0815. The van der Waals surface area contributed by atoms with Crippen molar-refractivity contribution in [1.29, 1.82) is 0 Å². The lowest BCUT2D eigenvalue weighted by Gasteiger charge is -2.17. The first-order valence-corrected chi connectivity index (χ1v) is 5.98. The van der Waals surface area contributed by atoms with Crippen LogP contribution in [0.3, 0.4) is 0 Å². The summed E-state index contributed by atoms with van der Waals surface area (Å²) in [5.74, 6) is -0.209. The third-order valence-corrected chi connectivity index (χ3v) is 2.85. The third kappa shape index (κ3) is 3.43. The summed E-state index contributed by atoms with van der Waals surface area (Å²) >= 11 is 14.0. The Kier molecular flexibility index (Phi) is 4.70. The Labute approximate surface area is 113 Å². The number of hydrogen-bond acceptors (Lipinski definition) is 2. The first-order valence-electron chi connectivity index (χ1n) is 4.40. The van der Waals surface area contributed by atoms with E-state index in [1.165, 1.54) is 4.90 Å². The number of likely N-dealkylation sites (N-methyl/N-ethyl adjacent to an activating group) is 1. The van der Waals surface area contributed by atoms with Crippen molar-refractivity contribution >= 4 is 50.6 Å². The van der Waals surface area contributed by atoms with E-state index >= 15 is 0 Å². The fourth-order valence-electron chi connectivity index (χ4n) is 1.17. The first kappa shape index (κ1) is 13.4. The molecule has 1 aromatic carbocycles. The smallest absolute Gasteiger partial charge is 0.255 e. The van der Waals surface area contributed by atoms with Crippen molar-refractivity contribution in [2.75, 3.05) is 13.6 Å². The Morgan fingerprint density at radius 2 is 2.25 bits per heavy atom. The second-order valence-electron chi connectivity index (χ2n) is 3.25. The van der Waals surface area contributed by atoms with Crippen LogP contribution in [-0.4, -0.2) is 29.4 Å². The summed E-state index contributed by atoms with van der Waals surface area (Å²) in [6, 6.07) is 5.10. The molecule has 1 amide bonds. The number of carbonyl (C=O) groups excluding carboxylic acids is 1. The van der Waals surface area contributed by atoms with Crippen LogP contribution in [0.5, 0.6) is 0 Å². The Morgan fingerprint density at radius 1 is 1.62 bits per heavy atom. The molecule has 0 bridgehead atoms. The Balaban J connectivity index is 2.95. The zero-order valence-corrected chi connectivity index (χ0v) is 11.7. The molecule has 0 atom stereocenters. The molecule has 86 valence electrons. The number of benzene rings is 1. The molecule has 0 unspecified atom stereocenters. The van der Waals surface area contributed by atoms with Gasteiger partial charge >= 0.3 is 0 Å². The SMILES string of the molecule is CN(CC(N)=S)C(=O)c1cc(Br)ccc1Cl. The maximum Gasteiger partial charge on any atom is 0.255 e. The van der Waals surface area contributed by atoms with Crippen molar-refractivity contribution in [3.63, 3.8) is 0 Å². The van der Waals surface area contributed by atoms with Gasteiger partial charge in [0.1, 0.15) is 0 Å². The molecule has 0 spiro atoms. The van der Waals surface area contributed by atoms with Crippen LogP contribution in [0.25, 0.3) is 0 Å². The Hall–Kier alpha value is -0.650. The van der Waals surface area contributed by atoms with Gasteiger partial charge in [0.05, 0.1) is 22.1 Å². The molecule has 3 nitrogen and oxygen atoms in total. The average Bonchev–Trinajstić information content (AvgIpc) is 2.19. The van der Waals surface area contributed by atoms with Crippen LogP contribution in [0.1, 0.15) is 10.4 Å². The van der Waals surface area contributed by atoms with Crippen LogP contribution in [-0.2, 0) is 0 Å². The minimum atomic E-state index is -0.209. The molecule has 0 aliphatic rings. The van der Waals surface area contributed by atoms with Gasteiger partial charge in [0.25, 0.3) is 5.91 Å². The van der Waals surface area contributed by atoms with Crippen molar-refractivity contribution in [2.24, 2.45) is 5.73 Å². The number of halogens is 2. The van der Waals surface area contributed by atoms with Crippen LogP contribution in [0.2, 0.25) is 5.02 Å². The quantitative estimate of drug-likeness (QED) is 0.870. The van der Waals surface area contributed by atoms with Gasteiger partial charge in [0, 0.05) is 11.5 Å². The highest BCUT2D eigenvalue weighted by Gasteiger charge is 2.15. The van der Waals surface area contributed by atoms with Crippen molar-refractivity contribution in [2.45, 2.75) is 0 Å². The standard InChI is InChI=1S/C10H10BrClN2OS/c1-14(5-9(13)16)10(15)7-4-6(11)2-3-8(7)12/h2-4H,5H2,1H3,(H2,13,16). The van der Waals surface area contributed by atoms with E-state index in [0.29, 0.717) is 10.6 Å². The molecule has 0 aromatic heterocycles. The molecular formula is C10H10BrClN2OS. The average molecular weight is 322 g/mol. The normalized spacial score (nSPS) is 9.94. The van der Waals surface area contributed by atoms with E-state index in [1.807, 2.05) is 0 Å². The van der Waals surface area contributed by atoms with Crippen LogP contribution in [0, 0.1) is 0 Å². The molecule has 0 heterocycles. The van der Waals surface area contributed by atoms with E-state index in [0.717, 1.165) is 4.47 Å². The summed E-state index contributed by atoms with van der Waals surface area (Å²) in [5.41, 5.74) is 5.80. The van der Waals surface area contributed by atoms with Crippen molar-refractivity contribution in [3.8, 4) is 0 Å². The van der Waals surface area contributed by atoms with Crippen LogP contribution >= 0.6 is 39.7 Å². The summed E-state index contributed by atoms with van der Waals surface area (Å²) < 4.78 is 0.795. The summed E-state index contributed by atoms with van der Waals surface area (Å²) in [4.78, 5) is 13.7. The van der Waals surface area contributed by atoms with Gasteiger partial charge in [-0.25, -0.2) is 0 Å². The van der Waals surface area contributed by atoms with Crippen LogP contribution < -0.4 is 5.73 Å². The number of hydrogen-bond donors (Lipinski definition) is 1. The van der Waals surface area contributed by atoms with E-state index in [-0.39, 0.29) is 17.4 Å². The van der Waals surface area contributed by atoms with E-state index < -0.39 is 0 Å². The number of rotatable bonds is 3. The molecule has 2 N–H and O–H groups in total. The van der Waals surface area contributed by atoms with Gasteiger partial charge in [-0.1, -0.05) is 39.7 Å². The van der Waals surface area contributed by atoms with Gasteiger partial charge in [-0.15, -0.1) is 0 Å². The summed E-state index contributed by atoms with van der Waals surface area (Å²) in [6.07, 6.45) is 0. The van der Waals surface area contributed by atoms with Gasteiger partial charge in [0.15, 0.2) is 0 Å². The predicted octanol–water partition coefficient (Wildman–Crippen LogP) is 2.46. The highest BCUT2D eigenvalue weighted by molar-refractivity contribution is 9.10. The van der Waals surface area contributed by atoms with Crippen LogP contribution in [0.4, 0.5) is 0 Å². The number of amides is 1. The van der Waals surface area contributed by atoms with Gasteiger partial charge in [0.2, 0.25) is 0 Å². The minimum absolute atomic E-state index is 0.209. The Morgan fingerprint density at radius 3 is 2.81 bits per heavy atom. The fourth-order valence-corrected chi connectivity index (χ4v) is 1.93.